The Labute approximate surface area is 146 Å². The van der Waals surface area contributed by atoms with Crippen LogP contribution in [0, 0.1) is 19.7 Å². The minimum absolute atomic E-state index is 0.0665. The zero-order chi connectivity index (χ0) is 17.8. The summed E-state index contributed by atoms with van der Waals surface area (Å²) in [6.07, 6.45) is 2.10. The lowest BCUT2D eigenvalue weighted by molar-refractivity contribution is 0.213. The van der Waals surface area contributed by atoms with Crippen LogP contribution >= 0.6 is 11.3 Å². The summed E-state index contributed by atoms with van der Waals surface area (Å²) in [6.45, 7) is 3.46. The van der Waals surface area contributed by atoms with E-state index in [4.69, 9.17) is 4.74 Å². The van der Waals surface area contributed by atoms with E-state index in [2.05, 4.69) is 30.6 Å². The van der Waals surface area contributed by atoms with Gasteiger partial charge in [-0.05, 0) is 26.0 Å². The molecule has 0 unspecified atom stereocenters. The number of thiazole rings is 1. The molecule has 25 heavy (non-hydrogen) atoms. The van der Waals surface area contributed by atoms with Gasteiger partial charge in [0.15, 0.2) is 5.00 Å². The molecule has 0 bridgehead atoms. The molecule has 3 aromatic heterocycles. The van der Waals surface area contributed by atoms with Gasteiger partial charge in [-0.15, -0.1) is 0 Å². The largest absolute Gasteiger partial charge is 0.419 e. The van der Waals surface area contributed by atoms with Gasteiger partial charge in [0.2, 0.25) is 0 Å². The molecule has 0 aliphatic heterocycles. The molecular formula is C15H13FN6O2S. The molecule has 2 N–H and O–H groups in total. The highest BCUT2D eigenvalue weighted by Gasteiger charge is 2.16. The molecule has 0 fully saturated rings. The van der Waals surface area contributed by atoms with Crippen LogP contribution in [0.25, 0.3) is 0 Å². The topological polar surface area (TPSA) is 102 Å². The Morgan fingerprint density at radius 2 is 1.96 bits per heavy atom. The van der Waals surface area contributed by atoms with Gasteiger partial charge >= 0.3 is 6.09 Å². The van der Waals surface area contributed by atoms with Crippen LogP contribution in [0.2, 0.25) is 0 Å². The first kappa shape index (κ1) is 16.7. The second kappa shape index (κ2) is 7.18. The summed E-state index contributed by atoms with van der Waals surface area (Å²) < 4.78 is 18.5. The maximum absolute atomic E-state index is 13.3. The highest BCUT2D eigenvalue weighted by Crippen LogP contribution is 2.33. The standard InChI is InChI=1S/C15H13FN6O2S/c1-8-17-6-4-11(19-8)22-15(23)24-13-14(25-9(2)20-13)21-12-7-10(16)3-5-18-12/h3-7H,1-2H3,(H,18,21)(H,17,19,22,23). The van der Waals surface area contributed by atoms with Crippen molar-refractivity contribution < 1.29 is 13.9 Å². The van der Waals surface area contributed by atoms with E-state index in [1.165, 1.54) is 41.9 Å². The normalized spacial score (nSPS) is 10.4. The van der Waals surface area contributed by atoms with Crippen molar-refractivity contribution in [3.05, 3.63) is 47.2 Å². The number of hydrogen-bond donors (Lipinski definition) is 2. The van der Waals surface area contributed by atoms with E-state index >= 15 is 0 Å². The predicted octanol–water partition coefficient (Wildman–Crippen LogP) is 3.44. The monoisotopic (exact) mass is 360 g/mol. The van der Waals surface area contributed by atoms with E-state index in [0.29, 0.717) is 21.7 Å². The number of aromatic nitrogens is 4. The molecule has 1 amide bonds. The van der Waals surface area contributed by atoms with E-state index in [-0.39, 0.29) is 11.7 Å². The quantitative estimate of drug-likeness (QED) is 0.735. The molecule has 10 heteroatoms. The lowest BCUT2D eigenvalue weighted by Gasteiger charge is -2.07. The summed E-state index contributed by atoms with van der Waals surface area (Å²) in [5.74, 6) is 0.739. The number of amides is 1. The number of aryl methyl sites for hydroxylation is 2. The average Bonchev–Trinajstić information content (AvgIpc) is 2.86. The molecule has 0 saturated carbocycles. The van der Waals surface area contributed by atoms with Crippen LogP contribution in [0.15, 0.2) is 30.6 Å². The van der Waals surface area contributed by atoms with Crippen LogP contribution in [-0.2, 0) is 0 Å². The summed E-state index contributed by atoms with van der Waals surface area (Å²) in [5, 5.41) is 6.48. The van der Waals surface area contributed by atoms with Gasteiger partial charge in [0, 0.05) is 18.5 Å². The number of nitrogens with one attached hydrogen (secondary N) is 2. The smallest absolute Gasteiger partial charge is 0.388 e. The molecule has 0 aliphatic rings. The van der Waals surface area contributed by atoms with E-state index in [9.17, 15) is 9.18 Å². The number of pyridine rings is 1. The highest BCUT2D eigenvalue weighted by molar-refractivity contribution is 7.16. The first-order valence-corrected chi connectivity index (χ1v) is 7.96. The van der Waals surface area contributed by atoms with Crippen LogP contribution in [0.5, 0.6) is 5.88 Å². The van der Waals surface area contributed by atoms with Crippen molar-refractivity contribution in [1.29, 1.82) is 0 Å². The summed E-state index contributed by atoms with van der Waals surface area (Å²) in [4.78, 5) is 28.2. The summed E-state index contributed by atoms with van der Waals surface area (Å²) in [7, 11) is 0. The number of anilines is 3. The average molecular weight is 360 g/mol. The second-order valence-electron chi connectivity index (χ2n) is 4.86. The van der Waals surface area contributed by atoms with Gasteiger partial charge in [-0.2, -0.15) is 0 Å². The van der Waals surface area contributed by atoms with Crippen molar-refractivity contribution in [1.82, 2.24) is 19.9 Å². The summed E-state index contributed by atoms with van der Waals surface area (Å²) in [5.41, 5.74) is 0. The molecule has 3 rings (SSSR count). The molecule has 0 atom stereocenters. The highest BCUT2D eigenvalue weighted by atomic mass is 32.1. The molecule has 3 heterocycles. The van der Waals surface area contributed by atoms with Gasteiger partial charge in [-0.3, -0.25) is 5.32 Å². The van der Waals surface area contributed by atoms with Crippen LogP contribution < -0.4 is 15.4 Å². The van der Waals surface area contributed by atoms with E-state index < -0.39 is 11.9 Å². The van der Waals surface area contributed by atoms with Gasteiger partial charge in [-0.25, -0.2) is 29.1 Å². The van der Waals surface area contributed by atoms with E-state index in [0.717, 1.165) is 0 Å². The van der Waals surface area contributed by atoms with Crippen molar-refractivity contribution in [2.75, 3.05) is 10.6 Å². The Morgan fingerprint density at radius 1 is 1.16 bits per heavy atom. The number of nitrogens with zero attached hydrogens (tertiary/aromatic N) is 4. The Balaban J connectivity index is 1.73. The maximum atomic E-state index is 13.3. The van der Waals surface area contributed by atoms with Gasteiger partial charge in [0.05, 0.1) is 5.01 Å². The fourth-order valence-electron chi connectivity index (χ4n) is 1.89. The van der Waals surface area contributed by atoms with Crippen molar-refractivity contribution in [3.8, 4) is 5.88 Å². The van der Waals surface area contributed by atoms with Crippen molar-refractivity contribution >= 4 is 34.1 Å². The van der Waals surface area contributed by atoms with E-state index in [1.807, 2.05) is 0 Å². The van der Waals surface area contributed by atoms with Crippen molar-refractivity contribution in [2.45, 2.75) is 13.8 Å². The first-order chi connectivity index (χ1) is 12.0. The fraction of sp³-hybridized carbons (Fsp3) is 0.133. The van der Waals surface area contributed by atoms with Crippen LogP contribution in [0.1, 0.15) is 10.8 Å². The van der Waals surface area contributed by atoms with Crippen LogP contribution in [0.4, 0.5) is 25.8 Å². The summed E-state index contributed by atoms with van der Waals surface area (Å²) in [6, 6.07) is 4.00. The lowest BCUT2D eigenvalue weighted by Crippen LogP contribution is -2.18. The van der Waals surface area contributed by atoms with Crippen LogP contribution in [0.3, 0.4) is 0 Å². The summed E-state index contributed by atoms with van der Waals surface area (Å²) >= 11 is 1.25. The minimum Gasteiger partial charge on any atom is -0.388 e. The second-order valence-corrected chi connectivity index (χ2v) is 6.06. The lowest BCUT2D eigenvalue weighted by atomic mass is 10.4. The van der Waals surface area contributed by atoms with Crippen molar-refractivity contribution in [3.63, 3.8) is 0 Å². The number of rotatable bonds is 4. The van der Waals surface area contributed by atoms with Gasteiger partial charge in [0.25, 0.3) is 5.88 Å². The molecule has 0 aromatic carbocycles. The van der Waals surface area contributed by atoms with Gasteiger partial charge in [0.1, 0.15) is 23.3 Å². The fourth-order valence-corrected chi connectivity index (χ4v) is 2.64. The minimum atomic E-state index is -0.751. The molecular weight excluding hydrogens is 347 g/mol. The third-order valence-corrected chi connectivity index (χ3v) is 3.73. The number of carbonyl (C=O) groups is 1. The third-order valence-electron chi connectivity index (χ3n) is 2.86. The maximum Gasteiger partial charge on any atom is 0.419 e. The van der Waals surface area contributed by atoms with E-state index in [1.54, 1.807) is 13.8 Å². The molecule has 0 spiro atoms. The number of halogens is 1. The molecule has 128 valence electrons. The Morgan fingerprint density at radius 3 is 2.72 bits per heavy atom. The zero-order valence-corrected chi connectivity index (χ0v) is 14.1. The Hall–Kier alpha value is -3.14. The third kappa shape index (κ3) is 4.44. The molecule has 8 nitrogen and oxygen atoms in total. The van der Waals surface area contributed by atoms with Gasteiger partial charge in [-0.1, -0.05) is 11.3 Å². The SMILES string of the molecule is Cc1nccc(NC(=O)Oc2nc(C)sc2Nc2cc(F)ccn2)n1. The van der Waals surface area contributed by atoms with Crippen molar-refractivity contribution in [2.24, 2.45) is 0 Å². The number of ether oxygens (including phenoxy) is 1. The molecule has 0 radical (unpaired) electrons. The van der Waals surface area contributed by atoms with Crippen LogP contribution in [-0.4, -0.2) is 26.0 Å². The molecule has 0 saturated heterocycles. The van der Waals surface area contributed by atoms with Gasteiger partial charge < -0.3 is 10.1 Å². The first-order valence-electron chi connectivity index (χ1n) is 7.14. The molecule has 0 aliphatic carbocycles. The Bertz CT molecular complexity index is 917. The number of carbonyl (C=O) groups excluding carboxylic acids is 1. The molecule has 3 aromatic rings. The predicted molar refractivity (Wildman–Crippen MR) is 90.7 cm³/mol. The zero-order valence-electron chi connectivity index (χ0n) is 13.3. The number of hydrogen-bond acceptors (Lipinski definition) is 8. The Kier molecular flexibility index (Phi) is 4.80.